The van der Waals surface area contributed by atoms with Gasteiger partial charge in [-0.05, 0) is 37.2 Å². The summed E-state index contributed by atoms with van der Waals surface area (Å²) in [5.41, 5.74) is 0.401. The van der Waals surface area contributed by atoms with Crippen molar-refractivity contribution in [1.82, 2.24) is 10.2 Å². The second kappa shape index (κ2) is 10.5. The third-order valence-corrected chi connectivity index (χ3v) is 4.15. The first-order valence-corrected chi connectivity index (χ1v) is 8.84. The topological polar surface area (TPSA) is 50.8 Å². The normalized spacial score (nSPS) is 15.7. The molecule has 0 unspecified atom stereocenters. The molecule has 0 radical (unpaired) electrons. The molecule has 2 rings (SSSR count). The van der Waals surface area contributed by atoms with Gasteiger partial charge in [0.15, 0.2) is 0 Å². The van der Waals surface area contributed by atoms with Crippen molar-refractivity contribution in [3.63, 3.8) is 0 Å². The highest BCUT2D eigenvalue weighted by Crippen LogP contribution is 2.25. The maximum absolute atomic E-state index is 12.4. The Kier molecular flexibility index (Phi) is 8.30. The van der Waals surface area contributed by atoms with Gasteiger partial charge in [0, 0.05) is 35.7 Å². The number of carbonyl (C=O) groups excluding carboxylic acids is 1. The van der Waals surface area contributed by atoms with Crippen molar-refractivity contribution in [2.75, 3.05) is 39.4 Å². The number of morpholine rings is 1. The summed E-state index contributed by atoms with van der Waals surface area (Å²) in [6.07, 6.45) is 3.62. The summed E-state index contributed by atoms with van der Waals surface area (Å²) < 4.78 is 35.3. The van der Waals surface area contributed by atoms with Crippen LogP contribution in [0.5, 0.6) is 5.75 Å². The second-order valence-corrected chi connectivity index (χ2v) is 6.41. The van der Waals surface area contributed by atoms with Gasteiger partial charge in [-0.2, -0.15) is 8.78 Å². The van der Waals surface area contributed by atoms with Crippen LogP contribution in [0.4, 0.5) is 8.78 Å². The Morgan fingerprint density at radius 2 is 2.16 bits per heavy atom. The predicted octanol–water partition coefficient (Wildman–Crippen LogP) is 2.90. The summed E-state index contributed by atoms with van der Waals surface area (Å²) in [6, 6.07) is 4.64. The van der Waals surface area contributed by atoms with Crippen LogP contribution in [0, 0.1) is 0 Å². The van der Waals surface area contributed by atoms with Gasteiger partial charge in [-0.15, -0.1) is 0 Å². The Labute approximate surface area is 154 Å². The molecule has 1 amide bonds. The van der Waals surface area contributed by atoms with Gasteiger partial charge >= 0.3 is 6.61 Å². The van der Waals surface area contributed by atoms with Crippen LogP contribution in [0.1, 0.15) is 12.0 Å². The van der Waals surface area contributed by atoms with E-state index in [1.165, 1.54) is 18.2 Å². The maximum atomic E-state index is 12.4. The van der Waals surface area contributed by atoms with Crippen molar-refractivity contribution >= 4 is 27.9 Å². The number of ether oxygens (including phenoxy) is 2. The van der Waals surface area contributed by atoms with Crippen LogP contribution in [0.25, 0.3) is 6.08 Å². The third kappa shape index (κ3) is 7.50. The zero-order chi connectivity index (χ0) is 18.1. The average Bonchev–Trinajstić information content (AvgIpc) is 2.59. The van der Waals surface area contributed by atoms with E-state index in [4.69, 9.17) is 4.74 Å². The van der Waals surface area contributed by atoms with E-state index in [9.17, 15) is 13.6 Å². The zero-order valence-corrected chi connectivity index (χ0v) is 15.3. The molecule has 1 saturated heterocycles. The summed E-state index contributed by atoms with van der Waals surface area (Å²) in [5, 5.41) is 2.78. The van der Waals surface area contributed by atoms with Gasteiger partial charge in [0.1, 0.15) is 5.75 Å². The van der Waals surface area contributed by atoms with E-state index in [1.54, 1.807) is 12.1 Å². The van der Waals surface area contributed by atoms with Gasteiger partial charge in [-0.25, -0.2) is 0 Å². The first-order chi connectivity index (χ1) is 12.0. The van der Waals surface area contributed by atoms with Crippen molar-refractivity contribution in [3.05, 3.63) is 34.3 Å². The molecule has 8 heteroatoms. The Bertz CT molecular complexity index is 593. The largest absolute Gasteiger partial charge is 0.434 e. The monoisotopic (exact) mass is 418 g/mol. The van der Waals surface area contributed by atoms with Crippen LogP contribution in [0.2, 0.25) is 0 Å². The highest BCUT2D eigenvalue weighted by molar-refractivity contribution is 9.10. The van der Waals surface area contributed by atoms with Crippen LogP contribution in [-0.2, 0) is 9.53 Å². The van der Waals surface area contributed by atoms with Gasteiger partial charge in [0.05, 0.1) is 13.2 Å². The first kappa shape index (κ1) is 19.8. The Morgan fingerprint density at radius 1 is 1.40 bits per heavy atom. The molecule has 1 aromatic rings. The van der Waals surface area contributed by atoms with Crippen LogP contribution < -0.4 is 10.1 Å². The van der Waals surface area contributed by atoms with Crippen molar-refractivity contribution in [2.24, 2.45) is 0 Å². The lowest BCUT2D eigenvalue weighted by molar-refractivity contribution is -0.116. The lowest BCUT2D eigenvalue weighted by Crippen LogP contribution is -2.38. The first-order valence-electron chi connectivity index (χ1n) is 8.05. The zero-order valence-electron chi connectivity index (χ0n) is 13.7. The van der Waals surface area contributed by atoms with Gasteiger partial charge in [-0.1, -0.05) is 15.9 Å². The minimum Gasteiger partial charge on any atom is -0.434 e. The number of nitrogens with one attached hydrogen (secondary N) is 1. The molecule has 0 atom stereocenters. The molecule has 1 fully saturated rings. The number of benzene rings is 1. The van der Waals surface area contributed by atoms with E-state index in [2.05, 4.69) is 30.9 Å². The molecule has 0 aliphatic carbocycles. The number of hydrogen-bond acceptors (Lipinski definition) is 4. The molecule has 5 nitrogen and oxygen atoms in total. The fourth-order valence-corrected chi connectivity index (χ4v) is 2.80. The molecule has 25 heavy (non-hydrogen) atoms. The molecule has 138 valence electrons. The summed E-state index contributed by atoms with van der Waals surface area (Å²) in [7, 11) is 0. The molecular formula is C17H21BrF2N2O3. The minimum absolute atomic E-state index is 0.0227. The smallest absolute Gasteiger partial charge is 0.387 e. The molecule has 0 saturated carbocycles. The molecular weight excluding hydrogens is 398 g/mol. The molecule has 0 aromatic heterocycles. The highest BCUT2D eigenvalue weighted by atomic mass is 79.9. The van der Waals surface area contributed by atoms with Crippen LogP contribution >= 0.6 is 15.9 Å². The SMILES string of the molecule is O=C(/C=C/c1cc(Br)ccc1OC(F)F)NCCCN1CCOCC1. The van der Waals surface area contributed by atoms with Crippen molar-refractivity contribution in [1.29, 1.82) is 0 Å². The van der Waals surface area contributed by atoms with E-state index in [-0.39, 0.29) is 11.7 Å². The molecule has 0 spiro atoms. The van der Waals surface area contributed by atoms with Crippen LogP contribution in [0.3, 0.4) is 0 Å². The molecule has 0 bridgehead atoms. The van der Waals surface area contributed by atoms with Crippen molar-refractivity contribution in [2.45, 2.75) is 13.0 Å². The number of halogens is 3. The Balaban J connectivity index is 1.78. The average molecular weight is 419 g/mol. The summed E-state index contributed by atoms with van der Waals surface area (Å²) >= 11 is 3.27. The molecule has 1 N–H and O–H groups in total. The third-order valence-electron chi connectivity index (χ3n) is 3.66. The van der Waals surface area contributed by atoms with Gasteiger partial charge in [-0.3, -0.25) is 9.69 Å². The molecule has 1 heterocycles. The van der Waals surface area contributed by atoms with E-state index in [1.807, 2.05) is 0 Å². The fourth-order valence-electron chi connectivity index (χ4n) is 2.42. The number of hydrogen-bond donors (Lipinski definition) is 1. The van der Waals surface area contributed by atoms with Gasteiger partial charge < -0.3 is 14.8 Å². The molecule has 1 aromatic carbocycles. The predicted molar refractivity (Wildman–Crippen MR) is 94.7 cm³/mol. The summed E-state index contributed by atoms with van der Waals surface area (Å²) in [5.74, 6) is -0.250. The van der Waals surface area contributed by atoms with Gasteiger partial charge in [0.25, 0.3) is 0 Å². The van der Waals surface area contributed by atoms with E-state index in [0.29, 0.717) is 16.6 Å². The van der Waals surface area contributed by atoms with Crippen LogP contribution in [-0.4, -0.2) is 56.8 Å². The van der Waals surface area contributed by atoms with E-state index < -0.39 is 6.61 Å². The molecule has 1 aliphatic rings. The number of amides is 1. The second-order valence-electron chi connectivity index (χ2n) is 5.49. The summed E-state index contributed by atoms with van der Waals surface area (Å²) in [4.78, 5) is 14.1. The Hall–Kier alpha value is -1.51. The minimum atomic E-state index is -2.91. The number of alkyl halides is 2. The van der Waals surface area contributed by atoms with Gasteiger partial charge in [0.2, 0.25) is 5.91 Å². The summed E-state index contributed by atoms with van der Waals surface area (Å²) in [6.45, 7) is 1.90. The lowest BCUT2D eigenvalue weighted by atomic mass is 10.2. The fraction of sp³-hybridized carbons (Fsp3) is 0.471. The number of nitrogens with zero attached hydrogens (tertiary/aromatic N) is 1. The maximum Gasteiger partial charge on any atom is 0.387 e. The number of carbonyl (C=O) groups is 1. The van der Waals surface area contributed by atoms with E-state index in [0.717, 1.165) is 39.3 Å². The number of rotatable bonds is 8. The van der Waals surface area contributed by atoms with Crippen molar-refractivity contribution in [3.8, 4) is 5.75 Å². The van der Waals surface area contributed by atoms with Crippen molar-refractivity contribution < 1.29 is 23.0 Å². The van der Waals surface area contributed by atoms with E-state index >= 15 is 0 Å². The quantitative estimate of drug-likeness (QED) is 0.520. The standard InChI is InChI=1S/C17H21BrF2N2O3/c18-14-3-4-15(25-17(19)20)13(12-14)2-5-16(23)21-6-1-7-22-8-10-24-11-9-22/h2-5,12,17H,1,6-11H2,(H,21,23)/b5-2+. The highest BCUT2D eigenvalue weighted by Gasteiger charge is 2.10. The lowest BCUT2D eigenvalue weighted by Gasteiger charge is -2.26. The van der Waals surface area contributed by atoms with Crippen LogP contribution in [0.15, 0.2) is 28.7 Å². The molecule has 1 aliphatic heterocycles. The Morgan fingerprint density at radius 3 is 2.88 bits per heavy atom.